The van der Waals surface area contributed by atoms with Crippen LogP contribution in [0.15, 0.2) is 18.2 Å². The topological polar surface area (TPSA) is 77.9 Å². The molecule has 1 unspecified atom stereocenters. The van der Waals surface area contributed by atoms with Crippen molar-refractivity contribution in [3.8, 4) is 0 Å². The molecule has 2 rings (SSSR count). The third-order valence-electron chi connectivity index (χ3n) is 5.08. The normalized spacial score (nSPS) is 19.2. The summed E-state index contributed by atoms with van der Waals surface area (Å²) in [7, 11) is -1.70. The van der Waals surface area contributed by atoms with Crippen LogP contribution in [0.3, 0.4) is 0 Å². The number of nitrogens with zero attached hydrogens (tertiary/aromatic N) is 2. The molecule has 152 valence electrons. The number of aliphatic carboxylic acids is 1. The summed E-state index contributed by atoms with van der Waals surface area (Å²) in [5, 5.41) is 9.76. The predicted molar refractivity (Wildman–Crippen MR) is 104 cm³/mol. The number of carbonyl (C=O) groups is 1. The highest BCUT2D eigenvalue weighted by Crippen LogP contribution is 2.35. The zero-order valence-electron chi connectivity index (χ0n) is 15.2. The first-order valence-corrected chi connectivity index (χ1v) is 11.1. The van der Waals surface area contributed by atoms with Gasteiger partial charge in [-0.2, -0.15) is 0 Å². The second-order valence-electron chi connectivity index (χ2n) is 6.84. The van der Waals surface area contributed by atoms with Gasteiger partial charge in [0, 0.05) is 31.6 Å². The molecule has 0 amide bonds. The molecule has 1 saturated heterocycles. The van der Waals surface area contributed by atoms with Crippen molar-refractivity contribution in [2.24, 2.45) is 0 Å². The Labute approximate surface area is 168 Å². The summed E-state index contributed by atoms with van der Waals surface area (Å²) in [6.45, 7) is 1.38. The fourth-order valence-corrected chi connectivity index (χ4v) is 4.26. The lowest BCUT2D eigenvalue weighted by Gasteiger charge is -2.36. The summed E-state index contributed by atoms with van der Waals surface area (Å²) in [5.74, 6) is -1.58. The highest BCUT2D eigenvalue weighted by Gasteiger charge is 2.41. The Bertz CT molecular complexity index is 800. The number of carboxylic acid groups (broad SMARTS) is 1. The molecule has 27 heavy (non-hydrogen) atoms. The van der Waals surface area contributed by atoms with E-state index in [-0.39, 0.29) is 34.6 Å². The summed E-state index contributed by atoms with van der Waals surface area (Å²) in [6, 6.07) is 3.85. The molecule has 0 spiro atoms. The number of likely N-dealkylation sites (tertiary alicyclic amines) is 1. The molecule has 1 aromatic carbocycles. The minimum Gasteiger partial charge on any atom is -0.479 e. The molecule has 6 nitrogen and oxygen atoms in total. The molecule has 1 heterocycles. The fraction of sp³-hybridized carbons (Fsp3) is 0.588. The average molecular weight is 441 g/mol. The van der Waals surface area contributed by atoms with Gasteiger partial charge in [-0.15, -0.1) is 0 Å². The van der Waals surface area contributed by atoms with Crippen LogP contribution >= 0.6 is 23.2 Å². The Morgan fingerprint density at radius 2 is 1.93 bits per heavy atom. The molecule has 1 N–H and O–H groups in total. The third kappa shape index (κ3) is 5.32. The third-order valence-corrected chi connectivity index (χ3v) is 7.17. The molecule has 1 aromatic rings. The van der Waals surface area contributed by atoms with Crippen LogP contribution in [-0.4, -0.2) is 67.7 Å². The first-order chi connectivity index (χ1) is 12.4. The van der Waals surface area contributed by atoms with Gasteiger partial charge < -0.3 is 10.0 Å². The van der Waals surface area contributed by atoms with Crippen molar-refractivity contribution in [3.05, 3.63) is 33.8 Å². The number of hydrogen-bond donors (Lipinski definition) is 1. The molecule has 0 aromatic heterocycles. The van der Waals surface area contributed by atoms with Crippen LogP contribution in [0.4, 0.5) is 4.39 Å². The zero-order chi connectivity index (χ0) is 20.4. The van der Waals surface area contributed by atoms with E-state index in [2.05, 4.69) is 0 Å². The maximum atomic E-state index is 15.3. The van der Waals surface area contributed by atoms with E-state index in [1.54, 1.807) is 7.05 Å². The molecule has 1 fully saturated rings. The Morgan fingerprint density at radius 1 is 1.33 bits per heavy atom. The van der Waals surface area contributed by atoms with Crippen LogP contribution in [-0.2, 0) is 20.5 Å². The molecule has 0 radical (unpaired) electrons. The number of sulfonamides is 1. The van der Waals surface area contributed by atoms with E-state index in [9.17, 15) is 18.3 Å². The van der Waals surface area contributed by atoms with Gasteiger partial charge in [0.25, 0.3) is 0 Å². The summed E-state index contributed by atoms with van der Waals surface area (Å²) in [6.07, 6.45) is 2.15. The molecule has 10 heteroatoms. The van der Waals surface area contributed by atoms with Gasteiger partial charge in [-0.25, -0.2) is 21.9 Å². The van der Waals surface area contributed by atoms with Gasteiger partial charge in [0.05, 0.1) is 16.3 Å². The molecule has 0 aliphatic carbocycles. The largest absolute Gasteiger partial charge is 0.479 e. The first-order valence-electron chi connectivity index (χ1n) is 8.48. The van der Waals surface area contributed by atoms with Crippen molar-refractivity contribution in [1.29, 1.82) is 0 Å². The predicted octanol–water partition coefficient (Wildman–Crippen LogP) is 2.99. The molecular weight excluding hydrogens is 418 g/mol. The number of alkyl halides is 1. The lowest BCUT2D eigenvalue weighted by molar-refractivity contribution is -0.152. The van der Waals surface area contributed by atoms with Gasteiger partial charge in [-0.05, 0) is 38.1 Å². The average Bonchev–Trinajstić information content (AvgIpc) is 2.60. The second-order valence-corrected chi connectivity index (χ2v) is 9.69. The van der Waals surface area contributed by atoms with Crippen molar-refractivity contribution in [3.63, 3.8) is 0 Å². The van der Waals surface area contributed by atoms with Gasteiger partial charge >= 0.3 is 5.97 Å². The van der Waals surface area contributed by atoms with E-state index in [0.717, 1.165) is 0 Å². The zero-order valence-corrected chi connectivity index (χ0v) is 17.5. The van der Waals surface area contributed by atoms with Gasteiger partial charge in [-0.1, -0.05) is 29.3 Å². The lowest BCUT2D eigenvalue weighted by Crippen LogP contribution is -2.46. The maximum Gasteiger partial charge on any atom is 0.346 e. The van der Waals surface area contributed by atoms with Crippen LogP contribution < -0.4 is 0 Å². The van der Waals surface area contributed by atoms with E-state index in [1.807, 2.05) is 4.90 Å². The van der Waals surface area contributed by atoms with Crippen LogP contribution in [0.25, 0.3) is 0 Å². The van der Waals surface area contributed by atoms with Gasteiger partial charge in [0.15, 0.2) is 0 Å². The van der Waals surface area contributed by atoms with Crippen molar-refractivity contribution in [2.75, 3.05) is 32.9 Å². The van der Waals surface area contributed by atoms with Crippen molar-refractivity contribution in [2.45, 2.75) is 31.0 Å². The fourth-order valence-electron chi connectivity index (χ4n) is 3.21. The van der Waals surface area contributed by atoms with E-state index in [0.29, 0.717) is 25.9 Å². The van der Waals surface area contributed by atoms with Gasteiger partial charge in [0.2, 0.25) is 15.7 Å². The van der Waals surface area contributed by atoms with E-state index in [4.69, 9.17) is 23.2 Å². The van der Waals surface area contributed by atoms with Crippen molar-refractivity contribution < 1.29 is 22.7 Å². The summed E-state index contributed by atoms with van der Waals surface area (Å²) in [5.41, 5.74) is -2.62. The lowest BCUT2D eigenvalue weighted by atomic mass is 9.91. The quantitative estimate of drug-likeness (QED) is 0.704. The molecule has 1 aliphatic rings. The van der Waals surface area contributed by atoms with Crippen molar-refractivity contribution in [1.82, 2.24) is 9.21 Å². The maximum absolute atomic E-state index is 15.3. The summed E-state index contributed by atoms with van der Waals surface area (Å²) < 4.78 is 39.9. The minimum atomic E-state index is -3.26. The highest BCUT2D eigenvalue weighted by molar-refractivity contribution is 7.88. The Hall–Kier alpha value is -0.930. The van der Waals surface area contributed by atoms with Crippen LogP contribution in [0.1, 0.15) is 24.8 Å². The van der Waals surface area contributed by atoms with Gasteiger partial charge in [-0.3, -0.25) is 0 Å². The first kappa shape index (κ1) is 22.4. The SMILES string of the molecule is CN(C1CCN(CCC(F)(C(=O)O)c2ccc(Cl)c(Cl)c2)CC1)S(C)(=O)=O. The minimum absolute atomic E-state index is 0.0453. The van der Waals surface area contributed by atoms with E-state index >= 15 is 4.39 Å². The van der Waals surface area contributed by atoms with Gasteiger partial charge in [0.1, 0.15) is 0 Å². The Morgan fingerprint density at radius 3 is 2.41 bits per heavy atom. The van der Waals surface area contributed by atoms with Crippen LogP contribution in [0, 0.1) is 0 Å². The number of rotatable bonds is 7. The van der Waals surface area contributed by atoms with E-state index in [1.165, 1.54) is 28.8 Å². The Kier molecular flexibility index (Phi) is 7.13. The number of piperidine rings is 1. The molecular formula is C17H23Cl2FN2O4S. The van der Waals surface area contributed by atoms with E-state index < -0.39 is 21.7 Å². The number of hydrogen-bond acceptors (Lipinski definition) is 4. The summed E-state index contributed by atoms with van der Waals surface area (Å²) >= 11 is 11.7. The monoisotopic (exact) mass is 440 g/mol. The number of benzene rings is 1. The summed E-state index contributed by atoms with van der Waals surface area (Å²) in [4.78, 5) is 13.5. The molecule has 1 aliphatic heterocycles. The molecule has 0 bridgehead atoms. The Balaban J connectivity index is 2.01. The second kappa shape index (κ2) is 8.61. The highest BCUT2D eigenvalue weighted by atomic mass is 35.5. The number of halogens is 3. The standard InChI is InChI=1S/C17H23Cl2FN2O4S/c1-21(27(2,25)26)13-5-8-22(9-6-13)10-7-17(20,16(23)24)12-3-4-14(18)15(19)11-12/h3-4,11,13H,5-10H2,1-2H3,(H,23,24). The van der Waals surface area contributed by atoms with Crippen molar-refractivity contribution >= 4 is 39.2 Å². The van der Waals surface area contributed by atoms with Crippen LogP contribution in [0.2, 0.25) is 10.0 Å². The number of carboxylic acids is 1. The van der Waals surface area contributed by atoms with Crippen LogP contribution in [0.5, 0.6) is 0 Å². The molecule has 0 saturated carbocycles. The molecule has 1 atom stereocenters. The smallest absolute Gasteiger partial charge is 0.346 e.